The molecular formula is C19H26ClF2N3O2. The quantitative estimate of drug-likeness (QED) is 0.703. The first-order valence-corrected chi connectivity index (χ1v) is 9.71. The Labute approximate surface area is 163 Å². The van der Waals surface area contributed by atoms with E-state index in [1.54, 1.807) is 4.90 Å². The number of pyridine rings is 1. The number of aromatic nitrogens is 1. The summed E-state index contributed by atoms with van der Waals surface area (Å²) in [5.74, 6) is -2.04. The number of hydrogen-bond acceptors (Lipinski definition) is 4. The monoisotopic (exact) mass is 401 g/mol. The van der Waals surface area contributed by atoms with Gasteiger partial charge in [0.2, 0.25) is 0 Å². The summed E-state index contributed by atoms with van der Waals surface area (Å²) in [5, 5.41) is 0.477. The third-order valence-electron chi connectivity index (χ3n) is 4.84. The molecule has 8 heteroatoms. The Balaban J connectivity index is 1.73. The SMILES string of the molecule is CC(C)(C)OC(=O)N1CCc2cc(Cl)c(N3CCC(F)(F)CC3)nc2CC1. The molecule has 0 aliphatic carbocycles. The maximum absolute atomic E-state index is 13.4. The highest BCUT2D eigenvalue weighted by Crippen LogP contribution is 2.34. The van der Waals surface area contributed by atoms with Crippen molar-refractivity contribution in [3.05, 3.63) is 22.3 Å². The molecule has 0 N–H and O–H groups in total. The molecule has 1 aromatic heterocycles. The summed E-state index contributed by atoms with van der Waals surface area (Å²) in [7, 11) is 0. The number of anilines is 1. The van der Waals surface area contributed by atoms with Crippen molar-refractivity contribution in [2.75, 3.05) is 31.1 Å². The summed E-state index contributed by atoms with van der Waals surface area (Å²) in [6, 6.07) is 1.87. The van der Waals surface area contributed by atoms with Crippen molar-refractivity contribution < 1.29 is 18.3 Å². The highest BCUT2D eigenvalue weighted by atomic mass is 35.5. The Morgan fingerprint density at radius 1 is 1.19 bits per heavy atom. The smallest absolute Gasteiger partial charge is 0.410 e. The molecule has 3 heterocycles. The number of ether oxygens (including phenoxy) is 1. The fourth-order valence-corrected chi connectivity index (χ4v) is 3.66. The molecule has 1 aromatic rings. The van der Waals surface area contributed by atoms with Crippen molar-refractivity contribution in [3.8, 4) is 0 Å². The van der Waals surface area contributed by atoms with Crippen molar-refractivity contribution in [2.24, 2.45) is 0 Å². The van der Waals surface area contributed by atoms with Crippen LogP contribution in [0, 0.1) is 0 Å². The maximum atomic E-state index is 13.4. The minimum absolute atomic E-state index is 0.186. The van der Waals surface area contributed by atoms with E-state index in [9.17, 15) is 13.6 Å². The Morgan fingerprint density at radius 3 is 2.44 bits per heavy atom. The van der Waals surface area contributed by atoms with Gasteiger partial charge in [0.25, 0.3) is 5.92 Å². The highest BCUT2D eigenvalue weighted by Gasteiger charge is 2.35. The predicted octanol–water partition coefficient (Wildman–Crippen LogP) is 4.31. The average Bonchev–Trinajstić information content (AvgIpc) is 2.75. The lowest BCUT2D eigenvalue weighted by molar-refractivity contribution is -0.0221. The Morgan fingerprint density at radius 2 is 1.81 bits per heavy atom. The molecule has 0 unspecified atom stereocenters. The molecule has 27 heavy (non-hydrogen) atoms. The van der Waals surface area contributed by atoms with Crippen LogP contribution >= 0.6 is 11.6 Å². The lowest BCUT2D eigenvalue weighted by Gasteiger charge is -2.33. The van der Waals surface area contributed by atoms with Gasteiger partial charge in [0, 0.05) is 51.1 Å². The number of fused-ring (bicyclic) bond motifs is 1. The van der Waals surface area contributed by atoms with Gasteiger partial charge in [0.05, 0.1) is 5.02 Å². The largest absolute Gasteiger partial charge is 0.444 e. The molecule has 5 nitrogen and oxygen atoms in total. The van der Waals surface area contributed by atoms with Crippen LogP contribution in [-0.4, -0.2) is 53.7 Å². The van der Waals surface area contributed by atoms with Gasteiger partial charge < -0.3 is 14.5 Å². The van der Waals surface area contributed by atoms with Crippen molar-refractivity contribution in [1.29, 1.82) is 0 Å². The number of amides is 1. The normalized spacial score (nSPS) is 20.1. The molecule has 0 radical (unpaired) electrons. The van der Waals surface area contributed by atoms with E-state index in [1.807, 2.05) is 31.7 Å². The van der Waals surface area contributed by atoms with E-state index < -0.39 is 11.5 Å². The third kappa shape index (κ3) is 5.00. The standard InChI is InChI=1S/C19H26ClF2N3O2/c1-18(2,3)27-17(26)25-8-4-13-12-14(20)16(23-15(13)5-9-25)24-10-6-19(21,22)7-11-24/h12H,4-11H2,1-3H3. The molecule has 2 aliphatic heterocycles. The predicted molar refractivity (Wildman–Crippen MR) is 101 cm³/mol. The Bertz CT molecular complexity index is 712. The van der Waals surface area contributed by atoms with Crippen LogP contribution in [0.25, 0.3) is 0 Å². The molecule has 0 aromatic carbocycles. The van der Waals surface area contributed by atoms with Crippen LogP contribution in [0.1, 0.15) is 44.9 Å². The molecule has 2 aliphatic rings. The fourth-order valence-electron chi connectivity index (χ4n) is 3.37. The summed E-state index contributed by atoms with van der Waals surface area (Å²) in [6.45, 7) is 7.04. The van der Waals surface area contributed by atoms with E-state index in [0.717, 1.165) is 11.3 Å². The average molecular weight is 402 g/mol. The molecule has 150 valence electrons. The van der Waals surface area contributed by atoms with Gasteiger partial charge in [-0.1, -0.05) is 11.6 Å². The molecule has 3 rings (SSSR count). The molecule has 1 amide bonds. The van der Waals surface area contributed by atoms with E-state index in [1.165, 1.54) is 0 Å². The first-order valence-electron chi connectivity index (χ1n) is 9.33. The van der Waals surface area contributed by atoms with Crippen LogP contribution in [0.15, 0.2) is 6.07 Å². The van der Waals surface area contributed by atoms with Gasteiger partial charge in [-0.15, -0.1) is 0 Å². The number of piperidine rings is 1. The lowest BCUT2D eigenvalue weighted by atomic mass is 10.1. The zero-order valence-electron chi connectivity index (χ0n) is 16.0. The number of hydrogen-bond donors (Lipinski definition) is 0. The van der Waals surface area contributed by atoms with Crippen LogP contribution in [0.5, 0.6) is 0 Å². The number of carbonyl (C=O) groups excluding carboxylic acids is 1. The van der Waals surface area contributed by atoms with E-state index in [-0.39, 0.29) is 32.0 Å². The zero-order valence-corrected chi connectivity index (χ0v) is 16.8. The third-order valence-corrected chi connectivity index (χ3v) is 5.12. The van der Waals surface area contributed by atoms with E-state index in [0.29, 0.717) is 36.8 Å². The number of alkyl halides is 2. The number of carbonyl (C=O) groups is 1. The van der Waals surface area contributed by atoms with Crippen LogP contribution in [0.3, 0.4) is 0 Å². The minimum Gasteiger partial charge on any atom is -0.444 e. The van der Waals surface area contributed by atoms with E-state index >= 15 is 0 Å². The van der Waals surface area contributed by atoms with Crippen molar-refractivity contribution >= 4 is 23.5 Å². The number of rotatable bonds is 1. The molecule has 0 bridgehead atoms. The molecule has 1 fully saturated rings. The summed E-state index contributed by atoms with van der Waals surface area (Å²) in [5.41, 5.74) is 1.33. The summed E-state index contributed by atoms with van der Waals surface area (Å²) in [4.78, 5) is 20.5. The van der Waals surface area contributed by atoms with Gasteiger partial charge in [-0.05, 0) is 38.8 Å². The number of nitrogens with zero attached hydrogens (tertiary/aromatic N) is 3. The van der Waals surface area contributed by atoms with Crippen molar-refractivity contribution in [3.63, 3.8) is 0 Å². The Hall–Kier alpha value is -1.63. The van der Waals surface area contributed by atoms with E-state index in [4.69, 9.17) is 16.3 Å². The van der Waals surface area contributed by atoms with Gasteiger partial charge in [-0.2, -0.15) is 0 Å². The first-order chi connectivity index (χ1) is 12.5. The Kier molecular flexibility index (Phi) is 5.52. The van der Waals surface area contributed by atoms with Gasteiger partial charge >= 0.3 is 6.09 Å². The van der Waals surface area contributed by atoms with Crippen LogP contribution in [-0.2, 0) is 17.6 Å². The molecular weight excluding hydrogens is 376 g/mol. The maximum Gasteiger partial charge on any atom is 0.410 e. The van der Waals surface area contributed by atoms with Crippen molar-refractivity contribution in [2.45, 2.75) is 58.0 Å². The highest BCUT2D eigenvalue weighted by molar-refractivity contribution is 6.33. The van der Waals surface area contributed by atoms with Crippen LogP contribution in [0.2, 0.25) is 5.02 Å². The summed E-state index contributed by atoms with van der Waals surface area (Å²) >= 11 is 6.41. The topological polar surface area (TPSA) is 45.7 Å². The fraction of sp³-hybridized carbons (Fsp3) is 0.684. The minimum atomic E-state index is -2.61. The van der Waals surface area contributed by atoms with Crippen molar-refractivity contribution in [1.82, 2.24) is 9.88 Å². The molecule has 0 saturated carbocycles. The molecule has 1 saturated heterocycles. The van der Waals surface area contributed by atoms with Gasteiger partial charge in [-0.25, -0.2) is 18.6 Å². The summed E-state index contributed by atoms with van der Waals surface area (Å²) in [6.07, 6.45) is 0.519. The second-order valence-electron chi connectivity index (χ2n) is 8.21. The second-order valence-corrected chi connectivity index (χ2v) is 8.62. The van der Waals surface area contributed by atoms with Crippen LogP contribution < -0.4 is 4.90 Å². The zero-order chi connectivity index (χ0) is 19.8. The lowest BCUT2D eigenvalue weighted by Crippen LogP contribution is -2.40. The number of halogens is 3. The second kappa shape index (κ2) is 7.41. The molecule has 0 spiro atoms. The van der Waals surface area contributed by atoms with Gasteiger partial charge in [0.15, 0.2) is 0 Å². The van der Waals surface area contributed by atoms with E-state index in [2.05, 4.69) is 4.98 Å². The van der Waals surface area contributed by atoms with Crippen LogP contribution in [0.4, 0.5) is 19.4 Å². The first kappa shape index (κ1) is 20.1. The molecule has 0 atom stereocenters. The van der Waals surface area contributed by atoms with Gasteiger partial charge in [0.1, 0.15) is 11.4 Å². The summed E-state index contributed by atoms with van der Waals surface area (Å²) < 4.78 is 32.3. The van der Waals surface area contributed by atoms with Gasteiger partial charge in [-0.3, -0.25) is 0 Å².